The van der Waals surface area contributed by atoms with Gasteiger partial charge in [0.25, 0.3) is 0 Å². The van der Waals surface area contributed by atoms with Gasteiger partial charge in [0.1, 0.15) is 12.1 Å². The maximum Gasteiger partial charge on any atom is 0.165 e. The smallest absolute Gasteiger partial charge is 0.165 e. The minimum absolute atomic E-state index is 0.366. The summed E-state index contributed by atoms with van der Waals surface area (Å²) in [6.45, 7) is 2.14. The Bertz CT molecular complexity index is 657. The number of hydrogen-bond donors (Lipinski definition) is 1. The highest BCUT2D eigenvalue weighted by Gasteiger charge is 2.19. The van der Waals surface area contributed by atoms with Crippen molar-refractivity contribution in [2.45, 2.75) is 18.9 Å². The number of anilines is 1. The lowest BCUT2D eigenvalue weighted by Crippen LogP contribution is -2.07. The van der Waals surface area contributed by atoms with Gasteiger partial charge in [0.15, 0.2) is 11.5 Å². The molecule has 1 aromatic heterocycles. The number of ether oxygens (including phenoxy) is 3. The predicted octanol–water partition coefficient (Wildman–Crippen LogP) is 2.61. The number of methoxy groups -OCH3 is 2. The summed E-state index contributed by atoms with van der Waals surface area (Å²) in [7, 11) is 3.28. The summed E-state index contributed by atoms with van der Waals surface area (Å²) in [5.41, 5.74) is 2.04. The Balaban J connectivity index is 1.72. The van der Waals surface area contributed by atoms with Gasteiger partial charge in [-0.05, 0) is 12.5 Å². The molecule has 0 saturated carbocycles. The van der Waals surface area contributed by atoms with E-state index >= 15 is 0 Å². The lowest BCUT2D eigenvalue weighted by molar-refractivity contribution is 0.193. The topological polar surface area (TPSA) is 65.5 Å². The Morgan fingerprint density at radius 1 is 1.26 bits per heavy atom. The van der Waals surface area contributed by atoms with Crippen LogP contribution in [0.15, 0.2) is 30.6 Å². The SMILES string of the molecule is COc1cccc(CNc2cc([C@@H]3CCOC3)ncn2)c1OC. The van der Waals surface area contributed by atoms with Crippen molar-refractivity contribution in [2.75, 3.05) is 32.8 Å². The fraction of sp³-hybridized carbons (Fsp3) is 0.412. The van der Waals surface area contributed by atoms with Crippen LogP contribution in [0.2, 0.25) is 0 Å². The maximum atomic E-state index is 5.45. The van der Waals surface area contributed by atoms with Crippen LogP contribution in [0.1, 0.15) is 23.6 Å². The highest BCUT2D eigenvalue weighted by Crippen LogP contribution is 2.31. The van der Waals surface area contributed by atoms with Crippen molar-refractivity contribution in [2.24, 2.45) is 0 Å². The van der Waals surface area contributed by atoms with Crippen molar-refractivity contribution in [3.05, 3.63) is 41.9 Å². The molecule has 1 aliphatic rings. The quantitative estimate of drug-likeness (QED) is 0.884. The van der Waals surface area contributed by atoms with Crippen molar-refractivity contribution in [3.63, 3.8) is 0 Å². The molecule has 1 atom stereocenters. The zero-order chi connectivity index (χ0) is 16.1. The molecule has 2 aromatic rings. The van der Waals surface area contributed by atoms with Crippen LogP contribution in [0.4, 0.5) is 5.82 Å². The first-order valence-corrected chi connectivity index (χ1v) is 7.65. The third kappa shape index (κ3) is 3.53. The van der Waals surface area contributed by atoms with Gasteiger partial charge in [-0.3, -0.25) is 0 Å². The molecular weight excluding hydrogens is 294 g/mol. The van der Waals surface area contributed by atoms with E-state index in [2.05, 4.69) is 15.3 Å². The summed E-state index contributed by atoms with van der Waals surface area (Å²) in [4.78, 5) is 8.65. The van der Waals surface area contributed by atoms with Gasteiger partial charge in [0.05, 0.1) is 26.5 Å². The normalized spacial score (nSPS) is 17.0. The molecule has 0 spiro atoms. The maximum absolute atomic E-state index is 5.45. The molecule has 23 heavy (non-hydrogen) atoms. The molecule has 0 aliphatic carbocycles. The van der Waals surface area contributed by atoms with Gasteiger partial charge in [0, 0.05) is 30.7 Å². The number of rotatable bonds is 6. The van der Waals surface area contributed by atoms with Crippen LogP contribution in [-0.2, 0) is 11.3 Å². The summed E-state index contributed by atoms with van der Waals surface area (Å²) in [5.74, 6) is 2.62. The molecule has 1 aliphatic heterocycles. The minimum Gasteiger partial charge on any atom is -0.493 e. The van der Waals surface area contributed by atoms with Crippen LogP contribution in [0, 0.1) is 0 Å². The molecule has 1 aromatic carbocycles. The summed E-state index contributed by atoms with van der Waals surface area (Å²) in [6, 6.07) is 7.82. The molecule has 0 unspecified atom stereocenters. The van der Waals surface area contributed by atoms with Gasteiger partial charge < -0.3 is 19.5 Å². The van der Waals surface area contributed by atoms with Gasteiger partial charge in [-0.2, -0.15) is 0 Å². The van der Waals surface area contributed by atoms with Crippen LogP contribution in [0.5, 0.6) is 11.5 Å². The monoisotopic (exact) mass is 315 g/mol. The summed E-state index contributed by atoms with van der Waals surface area (Å²) in [5, 5.41) is 3.32. The highest BCUT2D eigenvalue weighted by molar-refractivity contribution is 5.48. The first-order chi connectivity index (χ1) is 11.3. The first kappa shape index (κ1) is 15.6. The molecule has 6 nitrogen and oxygen atoms in total. The second-order valence-corrected chi connectivity index (χ2v) is 5.39. The second-order valence-electron chi connectivity index (χ2n) is 5.39. The van der Waals surface area contributed by atoms with Crippen molar-refractivity contribution in [3.8, 4) is 11.5 Å². The second kappa shape index (κ2) is 7.28. The summed E-state index contributed by atoms with van der Waals surface area (Å²) < 4.78 is 16.2. The van der Waals surface area contributed by atoms with E-state index in [1.165, 1.54) is 0 Å². The zero-order valence-corrected chi connectivity index (χ0v) is 13.4. The minimum atomic E-state index is 0.366. The molecule has 1 fully saturated rings. The molecule has 0 amide bonds. The van der Waals surface area contributed by atoms with Gasteiger partial charge in [-0.25, -0.2) is 9.97 Å². The van der Waals surface area contributed by atoms with Gasteiger partial charge >= 0.3 is 0 Å². The number of nitrogens with one attached hydrogen (secondary N) is 1. The van der Waals surface area contributed by atoms with Crippen molar-refractivity contribution in [1.29, 1.82) is 0 Å². The van der Waals surface area contributed by atoms with Crippen molar-refractivity contribution >= 4 is 5.82 Å². The molecule has 1 N–H and O–H groups in total. The van der Waals surface area contributed by atoms with Crippen LogP contribution in [-0.4, -0.2) is 37.4 Å². The zero-order valence-electron chi connectivity index (χ0n) is 13.4. The largest absolute Gasteiger partial charge is 0.493 e. The number of aromatic nitrogens is 2. The molecule has 122 valence electrons. The van der Waals surface area contributed by atoms with Gasteiger partial charge in [-0.15, -0.1) is 0 Å². The van der Waals surface area contributed by atoms with E-state index in [9.17, 15) is 0 Å². The van der Waals surface area contributed by atoms with E-state index < -0.39 is 0 Å². The Kier molecular flexibility index (Phi) is 4.92. The Morgan fingerprint density at radius 3 is 2.91 bits per heavy atom. The van der Waals surface area contributed by atoms with Crippen molar-refractivity contribution < 1.29 is 14.2 Å². The lowest BCUT2D eigenvalue weighted by atomic mass is 10.1. The average Bonchev–Trinajstić information content (AvgIpc) is 3.14. The summed E-state index contributed by atoms with van der Waals surface area (Å²) in [6.07, 6.45) is 2.61. The van der Waals surface area contributed by atoms with E-state index in [-0.39, 0.29) is 0 Å². The molecular formula is C17H21N3O3. The number of nitrogens with zero attached hydrogens (tertiary/aromatic N) is 2. The number of para-hydroxylation sites is 1. The fourth-order valence-electron chi connectivity index (χ4n) is 2.74. The van der Waals surface area contributed by atoms with Crippen LogP contribution < -0.4 is 14.8 Å². The van der Waals surface area contributed by atoms with E-state index in [0.717, 1.165) is 48.2 Å². The Hall–Kier alpha value is -2.34. The van der Waals surface area contributed by atoms with Crippen LogP contribution in [0.25, 0.3) is 0 Å². The van der Waals surface area contributed by atoms with Gasteiger partial charge in [-0.1, -0.05) is 12.1 Å². The molecule has 6 heteroatoms. The molecule has 0 radical (unpaired) electrons. The highest BCUT2D eigenvalue weighted by atomic mass is 16.5. The Morgan fingerprint density at radius 2 is 2.17 bits per heavy atom. The molecule has 0 bridgehead atoms. The van der Waals surface area contributed by atoms with Crippen molar-refractivity contribution in [1.82, 2.24) is 9.97 Å². The number of hydrogen-bond acceptors (Lipinski definition) is 6. The third-order valence-corrected chi connectivity index (χ3v) is 3.98. The van der Waals surface area contributed by atoms with Crippen LogP contribution in [0.3, 0.4) is 0 Å². The van der Waals surface area contributed by atoms with E-state index in [4.69, 9.17) is 14.2 Å². The Labute approximate surface area is 135 Å². The average molecular weight is 315 g/mol. The molecule has 1 saturated heterocycles. The van der Waals surface area contributed by atoms with E-state index in [1.807, 2.05) is 24.3 Å². The lowest BCUT2D eigenvalue weighted by Gasteiger charge is -2.14. The summed E-state index contributed by atoms with van der Waals surface area (Å²) >= 11 is 0. The predicted molar refractivity (Wildman–Crippen MR) is 87.1 cm³/mol. The fourth-order valence-corrected chi connectivity index (χ4v) is 2.74. The number of benzene rings is 1. The van der Waals surface area contributed by atoms with Crippen LogP contribution >= 0.6 is 0 Å². The van der Waals surface area contributed by atoms with E-state index in [0.29, 0.717) is 12.5 Å². The third-order valence-electron chi connectivity index (χ3n) is 3.98. The van der Waals surface area contributed by atoms with E-state index in [1.54, 1.807) is 20.5 Å². The molecule has 3 rings (SSSR count). The first-order valence-electron chi connectivity index (χ1n) is 7.65. The standard InChI is InChI=1S/C17H21N3O3/c1-21-15-5-3-4-12(17(15)22-2)9-18-16-8-14(19-11-20-16)13-6-7-23-10-13/h3-5,8,11,13H,6-7,9-10H2,1-2H3,(H,18,19,20)/t13-/m1/s1. The molecule has 2 heterocycles. The van der Waals surface area contributed by atoms with Gasteiger partial charge in [0.2, 0.25) is 0 Å².